The van der Waals surface area contributed by atoms with Crippen LogP contribution in [0.4, 0.5) is 5.69 Å². The number of fused-ring (bicyclic) bond motifs is 1. The number of hydrogen-bond donors (Lipinski definition) is 2. The van der Waals surface area contributed by atoms with Gasteiger partial charge in [0.25, 0.3) is 5.91 Å². The molecule has 30 heavy (non-hydrogen) atoms. The second-order valence-electron chi connectivity index (χ2n) is 7.22. The molecular formula is C21H22N4O4S. The Kier molecular flexibility index (Phi) is 5.56. The monoisotopic (exact) mass is 426 g/mol. The molecule has 1 aromatic heterocycles. The summed E-state index contributed by atoms with van der Waals surface area (Å²) in [5, 5.41) is 6.18. The van der Waals surface area contributed by atoms with E-state index in [4.69, 9.17) is 4.74 Å². The molecule has 1 aromatic carbocycles. The van der Waals surface area contributed by atoms with Crippen LogP contribution >= 0.6 is 11.3 Å². The number of nitrogens with one attached hydrogen (secondary N) is 2. The number of rotatable bonds is 5. The molecule has 2 unspecified atom stereocenters. The van der Waals surface area contributed by atoms with E-state index in [1.165, 1.54) is 28.9 Å². The van der Waals surface area contributed by atoms with Gasteiger partial charge >= 0.3 is 5.97 Å². The zero-order chi connectivity index (χ0) is 21.3. The highest BCUT2D eigenvalue weighted by atomic mass is 32.1. The number of carbonyl (C=O) groups is 3. The predicted octanol–water partition coefficient (Wildman–Crippen LogP) is 2.42. The number of esters is 1. The van der Waals surface area contributed by atoms with Crippen LogP contribution in [0.1, 0.15) is 33.3 Å². The molecule has 0 bridgehead atoms. The molecule has 2 atom stereocenters. The summed E-state index contributed by atoms with van der Waals surface area (Å²) >= 11 is 1.18. The zero-order valence-corrected chi connectivity index (χ0v) is 17.4. The number of benzene rings is 1. The van der Waals surface area contributed by atoms with Crippen molar-refractivity contribution in [2.45, 2.75) is 25.4 Å². The number of anilines is 1. The number of methoxy groups -OCH3 is 1. The molecule has 2 amide bonds. The van der Waals surface area contributed by atoms with Crippen molar-refractivity contribution in [3.63, 3.8) is 0 Å². The number of amides is 2. The quantitative estimate of drug-likeness (QED) is 0.714. The first-order chi connectivity index (χ1) is 14.5. The van der Waals surface area contributed by atoms with Gasteiger partial charge in [-0.05, 0) is 30.4 Å². The molecule has 0 aliphatic carbocycles. The lowest BCUT2D eigenvalue weighted by Crippen LogP contribution is -2.49. The number of ether oxygens (including phenoxy) is 1. The molecule has 1 fully saturated rings. The molecular weight excluding hydrogens is 404 g/mol. The van der Waals surface area contributed by atoms with E-state index >= 15 is 0 Å². The first-order valence-electron chi connectivity index (χ1n) is 9.52. The van der Waals surface area contributed by atoms with Crippen molar-refractivity contribution in [3.05, 3.63) is 64.1 Å². The maximum atomic E-state index is 12.9. The van der Waals surface area contributed by atoms with Crippen molar-refractivity contribution in [3.8, 4) is 0 Å². The highest BCUT2D eigenvalue weighted by molar-refractivity contribution is 7.12. The van der Waals surface area contributed by atoms with Crippen LogP contribution in [-0.2, 0) is 14.3 Å². The van der Waals surface area contributed by atoms with Crippen molar-refractivity contribution < 1.29 is 19.1 Å². The topological polar surface area (TPSA) is 91.0 Å². The predicted molar refractivity (Wildman–Crippen MR) is 112 cm³/mol. The van der Waals surface area contributed by atoms with Crippen molar-refractivity contribution in [1.82, 2.24) is 15.3 Å². The Balaban J connectivity index is 1.39. The summed E-state index contributed by atoms with van der Waals surface area (Å²) in [6.45, 7) is 1.90. The van der Waals surface area contributed by atoms with Crippen LogP contribution in [0.15, 0.2) is 48.1 Å². The number of nitrogens with zero attached hydrogens (tertiary/aromatic N) is 2. The summed E-state index contributed by atoms with van der Waals surface area (Å²) < 4.78 is 4.72. The van der Waals surface area contributed by atoms with E-state index in [0.717, 1.165) is 5.56 Å². The Bertz CT molecular complexity index is 1000. The Morgan fingerprint density at radius 3 is 2.73 bits per heavy atom. The maximum absolute atomic E-state index is 12.9. The molecule has 2 aliphatic heterocycles. The van der Waals surface area contributed by atoms with E-state index < -0.39 is 5.97 Å². The zero-order valence-electron chi connectivity index (χ0n) is 16.6. The maximum Gasteiger partial charge on any atom is 0.350 e. The van der Waals surface area contributed by atoms with Crippen molar-refractivity contribution in [1.29, 1.82) is 0 Å². The van der Waals surface area contributed by atoms with Crippen LogP contribution < -0.4 is 10.7 Å². The lowest BCUT2D eigenvalue weighted by Gasteiger charge is -2.31. The first-order valence-corrected chi connectivity index (χ1v) is 10.4. The molecule has 0 spiro atoms. The molecule has 1 saturated heterocycles. The van der Waals surface area contributed by atoms with Crippen LogP contribution in [-0.4, -0.2) is 47.4 Å². The standard InChI is InChI=1S/C21H22N4O4S/c1-13-3-5-14(6-4-13)16-11-17-20(27)24(8-9-25(17)23-16)12-18(26)22-15-7-10-30-19(15)21(28)29-2/h3-10,16-17,23H,11-12H2,1-2H3,(H,22,26). The van der Waals surface area contributed by atoms with E-state index in [1.807, 2.05) is 6.92 Å². The first kappa shape index (κ1) is 20.1. The normalized spacial score (nSPS) is 20.3. The molecule has 0 saturated carbocycles. The largest absolute Gasteiger partial charge is 0.465 e. The second-order valence-corrected chi connectivity index (χ2v) is 8.13. The van der Waals surface area contributed by atoms with Crippen LogP contribution in [0.3, 0.4) is 0 Å². The number of aryl methyl sites for hydroxylation is 1. The van der Waals surface area contributed by atoms with Gasteiger partial charge in [-0.3, -0.25) is 9.59 Å². The highest BCUT2D eigenvalue weighted by Gasteiger charge is 2.40. The molecule has 156 valence electrons. The molecule has 3 heterocycles. The summed E-state index contributed by atoms with van der Waals surface area (Å²) in [6, 6.07) is 9.52. The number of carbonyl (C=O) groups excluding carboxylic acids is 3. The Hall–Kier alpha value is -3.17. The fourth-order valence-electron chi connectivity index (χ4n) is 3.59. The van der Waals surface area contributed by atoms with Gasteiger partial charge < -0.3 is 20.0 Å². The third-order valence-electron chi connectivity index (χ3n) is 5.18. The Morgan fingerprint density at radius 1 is 1.23 bits per heavy atom. The Morgan fingerprint density at radius 2 is 2.00 bits per heavy atom. The van der Waals surface area contributed by atoms with Crippen molar-refractivity contribution >= 4 is 34.8 Å². The van der Waals surface area contributed by atoms with E-state index in [0.29, 0.717) is 17.0 Å². The van der Waals surface area contributed by atoms with Crippen LogP contribution in [0.5, 0.6) is 0 Å². The summed E-state index contributed by atoms with van der Waals surface area (Å²) in [5.41, 5.74) is 6.03. The van der Waals surface area contributed by atoms with Gasteiger partial charge in [-0.2, -0.15) is 0 Å². The van der Waals surface area contributed by atoms with Crippen molar-refractivity contribution in [2.24, 2.45) is 0 Å². The molecule has 0 radical (unpaired) electrons. The van der Waals surface area contributed by atoms with Crippen molar-refractivity contribution in [2.75, 3.05) is 19.0 Å². The summed E-state index contributed by atoms with van der Waals surface area (Å²) in [5.74, 6) is -1.04. The van der Waals surface area contributed by atoms with Crippen LogP contribution in [0, 0.1) is 6.92 Å². The fourth-order valence-corrected chi connectivity index (χ4v) is 4.35. The SMILES string of the molecule is COC(=O)c1sccc1NC(=O)CN1C=CN2NC(c3ccc(C)cc3)CC2C1=O. The third kappa shape index (κ3) is 3.94. The average Bonchev–Trinajstić information content (AvgIpc) is 3.37. The van der Waals surface area contributed by atoms with E-state index in [2.05, 4.69) is 35.0 Å². The number of hydrazine groups is 1. The Labute approximate surface area is 178 Å². The van der Waals surface area contributed by atoms with Gasteiger partial charge in [-0.15, -0.1) is 11.3 Å². The summed E-state index contributed by atoms with van der Waals surface area (Å²) in [6.07, 6.45) is 3.98. The van der Waals surface area contributed by atoms with Crippen LogP contribution in [0.25, 0.3) is 0 Å². The minimum atomic E-state index is -0.510. The van der Waals surface area contributed by atoms with Gasteiger partial charge in [0, 0.05) is 12.4 Å². The minimum Gasteiger partial charge on any atom is -0.465 e. The summed E-state index contributed by atoms with van der Waals surface area (Å²) in [4.78, 5) is 38.9. The lowest BCUT2D eigenvalue weighted by molar-refractivity contribution is -0.137. The summed E-state index contributed by atoms with van der Waals surface area (Å²) in [7, 11) is 1.29. The second kappa shape index (κ2) is 8.29. The van der Waals surface area contributed by atoms with Gasteiger partial charge in [0.1, 0.15) is 17.5 Å². The average molecular weight is 426 g/mol. The minimum absolute atomic E-state index is 0.0337. The van der Waals surface area contributed by atoms with Gasteiger partial charge in [-0.1, -0.05) is 29.8 Å². The molecule has 2 N–H and O–H groups in total. The van der Waals surface area contributed by atoms with Gasteiger partial charge in [0.15, 0.2) is 0 Å². The number of hydrogen-bond acceptors (Lipinski definition) is 7. The molecule has 2 aliphatic rings. The van der Waals surface area contributed by atoms with Crippen LogP contribution in [0.2, 0.25) is 0 Å². The fraction of sp³-hybridized carbons (Fsp3) is 0.286. The number of thiophene rings is 1. The molecule has 4 rings (SSSR count). The molecule has 2 aromatic rings. The van der Waals surface area contributed by atoms with Gasteiger partial charge in [0.2, 0.25) is 5.91 Å². The highest BCUT2D eigenvalue weighted by Crippen LogP contribution is 2.31. The lowest BCUT2D eigenvalue weighted by atomic mass is 10.00. The van der Waals surface area contributed by atoms with E-state index in [-0.39, 0.29) is 30.4 Å². The molecule has 9 heteroatoms. The third-order valence-corrected chi connectivity index (χ3v) is 6.07. The van der Waals surface area contributed by atoms with E-state index in [1.54, 1.807) is 28.9 Å². The van der Waals surface area contributed by atoms with E-state index in [9.17, 15) is 14.4 Å². The van der Waals surface area contributed by atoms with Gasteiger partial charge in [0.05, 0.1) is 18.8 Å². The van der Waals surface area contributed by atoms with Gasteiger partial charge in [-0.25, -0.2) is 10.2 Å². The smallest absolute Gasteiger partial charge is 0.350 e. The molecule has 8 nitrogen and oxygen atoms in total.